The molecule has 5 nitrogen and oxygen atoms in total. The van der Waals surface area contributed by atoms with E-state index in [1.54, 1.807) is 42.2 Å². The standard InChI is InChI=1S/C21H16Cl3N3O2/c1-3-6-27-20(11-4-5-13(22)15(24)8-11)17-18(25-26-19(17)21(27)29)12-9-14(23)10(2)7-16(12)28/h3-5,7-9,20,28H,1,6H2,2H3,(H,25,26). The molecule has 2 N–H and O–H groups in total. The van der Waals surface area contributed by atoms with E-state index in [1.807, 2.05) is 6.07 Å². The number of rotatable bonds is 4. The third-order valence-corrected chi connectivity index (χ3v) is 6.13. The number of aromatic nitrogens is 2. The predicted molar refractivity (Wildman–Crippen MR) is 115 cm³/mol. The van der Waals surface area contributed by atoms with Gasteiger partial charge in [-0.05, 0) is 42.3 Å². The Balaban J connectivity index is 1.95. The zero-order valence-corrected chi connectivity index (χ0v) is 17.6. The Bertz CT molecular complexity index is 1160. The number of hydrogen-bond acceptors (Lipinski definition) is 3. The molecule has 2 heterocycles. The largest absolute Gasteiger partial charge is 0.507 e. The molecule has 1 atom stereocenters. The number of aryl methyl sites for hydroxylation is 1. The van der Waals surface area contributed by atoms with E-state index in [1.165, 1.54) is 0 Å². The molecule has 8 heteroatoms. The normalized spacial score (nSPS) is 15.7. The summed E-state index contributed by atoms with van der Waals surface area (Å²) in [6, 6.07) is 7.98. The molecule has 0 radical (unpaired) electrons. The number of amides is 1. The van der Waals surface area contributed by atoms with Crippen molar-refractivity contribution in [1.29, 1.82) is 0 Å². The number of nitrogens with zero attached hydrogens (tertiary/aromatic N) is 2. The first-order chi connectivity index (χ1) is 13.8. The van der Waals surface area contributed by atoms with Gasteiger partial charge in [-0.25, -0.2) is 0 Å². The fourth-order valence-corrected chi connectivity index (χ4v) is 4.08. The zero-order chi connectivity index (χ0) is 20.9. The smallest absolute Gasteiger partial charge is 0.273 e. The summed E-state index contributed by atoms with van der Waals surface area (Å²) in [4.78, 5) is 14.7. The summed E-state index contributed by atoms with van der Waals surface area (Å²) in [7, 11) is 0. The van der Waals surface area contributed by atoms with Crippen LogP contribution in [0, 0.1) is 6.92 Å². The first-order valence-corrected chi connectivity index (χ1v) is 9.91. The summed E-state index contributed by atoms with van der Waals surface area (Å²) in [5, 5.41) is 19.0. The van der Waals surface area contributed by atoms with Gasteiger partial charge in [0.1, 0.15) is 17.1 Å². The van der Waals surface area contributed by atoms with Gasteiger partial charge in [0.25, 0.3) is 5.91 Å². The lowest BCUT2D eigenvalue weighted by Gasteiger charge is -2.25. The second-order valence-corrected chi connectivity index (χ2v) is 8.02. The SMILES string of the molecule is C=CCN1C(=O)c2[nH]nc(-c3cc(Cl)c(C)cc3O)c2C1c1ccc(Cl)c(Cl)c1. The number of nitrogens with one attached hydrogen (secondary N) is 1. The molecule has 2 aromatic carbocycles. The van der Waals surface area contributed by atoms with Crippen molar-refractivity contribution in [2.45, 2.75) is 13.0 Å². The van der Waals surface area contributed by atoms with Crippen LogP contribution in [0.5, 0.6) is 5.75 Å². The minimum atomic E-state index is -0.474. The summed E-state index contributed by atoms with van der Waals surface area (Å²) in [5.41, 5.74) is 3.41. The highest BCUT2D eigenvalue weighted by Crippen LogP contribution is 2.46. The summed E-state index contributed by atoms with van der Waals surface area (Å²) in [5.74, 6) is -0.184. The number of phenolic OH excluding ortho intramolecular Hbond substituents is 1. The molecule has 4 rings (SSSR count). The average molecular weight is 449 g/mol. The van der Waals surface area contributed by atoms with Crippen molar-refractivity contribution in [1.82, 2.24) is 15.1 Å². The Hall–Kier alpha value is -2.47. The highest BCUT2D eigenvalue weighted by molar-refractivity contribution is 6.42. The molecule has 148 valence electrons. The van der Waals surface area contributed by atoms with E-state index in [0.29, 0.717) is 44.1 Å². The molecule has 29 heavy (non-hydrogen) atoms. The lowest BCUT2D eigenvalue weighted by atomic mass is 9.95. The zero-order valence-electron chi connectivity index (χ0n) is 15.3. The van der Waals surface area contributed by atoms with E-state index < -0.39 is 6.04 Å². The molecule has 1 unspecified atom stereocenters. The Kier molecular flexibility index (Phi) is 5.07. The number of aromatic hydroxyl groups is 1. The molecular weight excluding hydrogens is 433 g/mol. The molecule has 1 amide bonds. The van der Waals surface area contributed by atoms with Crippen LogP contribution in [0.15, 0.2) is 43.0 Å². The molecule has 0 saturated heterocycles. The van der Waals surface area contributed by atoms with Crippen LogP contribution in [-0.2, 0) is 0 Å². The molecular formula is C21H16Cl3N3O2. The van der Waals surface area contributed by atoms with Crippen LogP contribution >= 0.6 is 34.8 Å². The molecule has 1 aliphatic heterocycles. The quantitative estimate of drug-likeness (QED) is 0.497. The summed E-state index contributed by atoms with van der Waals surface area (Å²) >= 11 is 18.6. The van der Waals surface area contributed by atoms with Gasteiger partial charge in [-0.2, -0.15) is 5.10 Å². The fourth-order valence-electron chi connectivity index (χ4n) is 3.61. The van der Waals surface area contributed by atoms with Crippen LogP contribution in [0.1, 0.15) is 33.2 Å². The maximum absolute atomic E-state index is 13.0. The molecule has 1 aromatic heterocycles. The van der Waals surface area contributed by atoms with E-state index in [0.717, 1.165) is 11.1 Å². The molecule has 0 spiro atoms. The highest BCUT2D eigenvalue weighted by Gasteiger charge is 2.42. The van der Waals surface area contributed by atoms with Crippen molar-refractivity contribution >= 4 is 40.7 Å². The van der Waals surface area contributed by atoms with Gasteiger partial charge in [0, 0.05) is 22.7 Å². The van der Waals surface area contributed by atoms with E-state index in [2.05, 4.69) is 16.8 Å². The van der Waals surface area contributed by atoms with Gasteiger partial charge in [-0.3, -0.25) is 9.89 Å². The van der Waals surface area contributed by atoms with Crippen molar-refractivity contribution in [3.05, 3.63) is 80.4 Å². The average Bonchev–Trinajstić information content (AvgIpc) is 3.21. The van der Waals surface area contributed by atoms with Gasteiger partial charge in [0.15, 0.2) is 0 Å². The van der Waals surface area contributed by atoms with Crippen LogP contribution in [0.4, 0.5) is 0 Å². The topological polar surface area (TPSA) is 69.2 Å². The Labute approximate surface area is 182 Å². The van der Waals surface area contributed by atoms with E-state index in [9.17, 15) is 9.90 Å². The number of H-pyrrole nitrogens is 1. The number of phenols is 1. The maximum atomic E-state index is 13.0. The van der Waals surface area contributed by atoms with Crippen molar-refractivity contribution < 1.29 is 9.90 Å². The van der Waals surface area contributed by atoms with Crippen LogP contribution in [0.2, 0.25) is 15.1 Å². The lowest BCUT2D eigenvalue weighted by Crippen LogP contribution is -2.29. The highest BCUT2D eigenvalue weighted by atomic mass is 35.5. The van der Waals surface area contributed by atoms with Gasteiger partial charge in [-0.1, -0.05) is 46.9 Å². The number of halogens is 3. The predicted octanol–water partition coefficient (Wildman–Crippen LogP) is 5.78. The van der Waals surface area contributed by atoms with E-state index in [4.69, 9.17) is 34.8 Å². The fraction of sp³-hybridized carbons (Fsp3) is 0.143. The van der Waals surface area contributed by atoms with Crippen LogP contribution in [0.25, 0.3) is 11.3 Å². The Morgan fingerprint density at radius 1 is 1.21 bits per heavy atom. The lowest BCUT2D eigenvalue weighted by molar-refractivity contribution is 0.0764. The number of hydrogen-bond donors (Lipinski definition) is 2. The Morgan fingerprint density at radius 2 is 1.97 bits per heavy atom. The minimum absolute atomic E-state index is 0.0312. The first kappa shape index (κ1) is 19.8. The summed E-state index contributed by atoms with van der Waals surface area (Å²) < 4.78 is 0. The van der Waals surface area contributed by atoms with Gasteiger partial charge in [-0.15, -0.1) is 6.58 Å². The molecule has 1 aliphatic rings. The molecule has 0 saturated carbocycles. The van der Waals surface area contributed by atoms with Gasteiger partial charge in [0.2, 0.25) is 0 Å². The number of carbonyl (C=O) groups excluding carboxylic acids is 1. The van der Waals surface area contributed by atoms with Gasteiger partial charge >= 0.3 is 0 Å². The van der Waals surface area contributed by atoms with Crippen molar-refractivity contribution in [3.63, 3.8) is 0 Å². The number of benzene rings is 2. The van der Waals surface area contributed by atoms with Crippen molar-refractivity contribution in [3.8, 4) is 17.0 Å². The molecule has 0 bridgehead atoms. The molecule has 0 fully saturated rings. The third-order valence-electron chi connectivity index (χ3n) is 4.98. The number of fused-ring (bicyclic) bond motifs is 1. The van der Waals surface area contributed by atoms with Crippen LogP contribution in [0.3, 0.4) is 0 Å². The second-order valence-electron chi connectivity index (χ2n) is 6.80. The Morgan fingerprint density at radius 3 is 2.66 bits per heavy atom. The summed E-state index contributed by atoms with van der Waals surface area (Å²) in [6.45, 7) is 5.88. The van der Waals surface area contributed by atoms with E-state index >= 15 is 0 Å². The van der Waals surface area contributed by atoms with E-state index in [-0.39, 0.29) is 11.7 Å². The van der Waals surface area contributed by atoms with Gasteiger partial charge < -0.3 is 10.0 Å². The third kappa shape index (κ3) is 3.19. The minimum Gasteiger partial charge on any atom is -0.507 e. The summed E-state index contributed by atoms with van der Waals surface area (Å²) in [6.07, 6.45) is 1.65. The van der Waals surface area contributed by atoms with Crippen LogP contribution in [-0.4, -0.2) is 32.7 Å². The van der Waals surface area contributed by atoms with Crippen LogP contribution < -0.4 is 0 Å². The molecule has 3 aromatic rings. The maximum Gasteiger partial charge on any atom is 0.273 e. The second kappa shape index (κ2) is 7.41. The molecule has 0 aliphatic carbocycles. The van der Waals surface area contributed by atoms with Gasteiger partial charge in [0.05, 0.1) is 16.1 Å². The van der Waals surface area contributed by atoms with Crippen molar-refractivity contribution in [2.75, 3.05) is 6.54 Å². The number of carbonyl (C=O) groups is 1. The first-order valence-electron chi connectivity index (χ1n) is 8.78. The number of aromatic amines is 1. The monoisotopic (exact) mass is 447 g/mol. The van der Waals surface area contributed by atoms with Crippen molar-refractivity contribution in [2.24, 2.45) is 0 Å².